The van der Waals surface area contributed by atoms with E-state index in [1.54, 1.807) is 24.7 Å². The van der Waals surface area contributed by atoms with Gasteiger partial charge in [0, 0.05) is 18.3 Å². The van der Waals surface area contributed by atoms with E-state index in [-0.39, 0.29) is 0 Å². The molecule has 4 N–H and O–H groups in total. The number of hydrogen-bond donors (Lipinski definition) is 3. The molecule has 0 amide bonds. The Morgan fingerprint density at radius 3 is 3.06 bits per heavy atom. The van der Waals surface area contributed by atoms with Gasteiger partial charge in [0.15, 0.2) is 0 Å². The van der Waals surface area contributed by atoms with Gasteiger partial charge >= 0.3 is 0 Å². The Labute approximate surface area is 92.1 Å². The second-order valence-electron chi connectivity index (χ2n) is 3.20. The summed E-state index contributed by atoms with van der Waals surface area (Å²) in [6.45, 7) is 0.503. The number of nitrogens with one attached hydrogen (secondary N) is 2. The van der Waals surface area contributed by atoms with Crippen molar-refractivity contribution in [3.63, 3.8) is 0 Å². The number of nitrogens with zero attached hydrogens (tertiary/aromatic N) is 3. The summed E-state index contributed by atoms with van der Waals surface area (Å²) >= 11 is 0. The van der Waals surface area contributed by atoms with E-state index in [9.17, 15) is 0 Å². The predicted octanol–water partition coefficient (Wildman–Crippen LogP) is 0.871. The van der Waals surface area contributed by atoms with Gasteiger partial charge in [-0.25, -0.2) is 0 Å². The first-order valence-electron chi connectivity index (χ1n) is 4.67. The topological polar surface area (TPSA) is 103 Å². The van der Waals surface area contributed by atoms with Crippen LogP contribution < -0.4 is 11.1 Å². The smallest absolute Gasteiger partial charge is 0.123 e. The fraction of sp³-hybridized carbons (Fsp3) is 0.100. The van der Waals surface area contributed by atoms with E-state index >= 15 is 0 Å². The first-order valence-corrected chi connectivity index (χ1v) is 4.67. The summed E-state index contributed by atoms with van der Waals surface area (Å²) in [5.41, 5.74) is 7.73. The summed E-state index contributed by atoms with van der Waals surface area (Å²) in [4.78, 5) is 3.95. The van der Waals surface area contributed by atoms with Crippen LogP contribution in [-0.4, -0.2) is 15.2 Å². The summed E-state index contributed by atoms with van der Waals surface area (Å²) in [5.74, 6) is 0.523. The van der Waals surface area contributed by atoms with Crippen molar-refractivity contribution in [3.8, 4) is 6.07 Å². The van der Waals surface area contributed by atoms with E-state index in [1.165, 1.54) is 0 Å². The molecule has 2 rings (SSSR count). The van der Waals surface area contributed by atoms with Crippen LogP contribution in [0.2, 0.25) is 0 Å². The number of anilines is 2. The minimum atomic E-state index is 0.503. The highest BCUT2D eigenvalue weighted by molar-refractivity contribution is 5.56. The number of aromatic nitrogens is 3. The van der Waals surface area contributed by atoms with Crippen molar-refractivity contribution in [1.82, 2.24) is 15.2 Å². The molecule has 16 heavy (non-hydrogen) atoms. The molecule has 2 aromatic heterocycles. The van der Waals surface area contributed by atoms with E-state index in [2.05, 4.69) is 26.6 Å². The average molecular weight is 214 g/mol. The van der Waals surface area contributed by atoms with Crippen LogP contribution in [0, 0.1) is 11.3 Å². The molecule has 6 nitrogen and oxygen atoms in total. The highest BCUT2D eigenvalue weighted by atomic mass is 15.1. The Balaban J connectivity index is 2.11. The van der Waals surface area contributed by atoms with Crippen molar-refractivity contribution in [1.29, 1.82) is 5.26 Å². The highest BCUT2D eigenvalue weighted by Crippen LogP contribution is 2.14. The van der Waals surface area contributed by atoms with Crippen LogP contribution >= 0.6 is 0 Å². The summed E-state index contributed by atoms with van der Waals surface area (Å²) in [6.07, 6.45) is 4.83. The monoisotopic (exact) mass is 214 g/mol. The molecular formula is C10H10N6. The van der Waals surface area contributed by atoms with Crippen LogP contribution in [0.3, 0.4) is 0 Å². The molecule has 0 spiro atoms. The minimum absolute atomic E-state index is 0.503. The van der Waals surface area contributed by atoms with Crippen molar-refractivity contribution < 1.29 is 0 Å². The van der Waals surface area contributed by atoms with E-state index in [1.807, 2.05) is 0 Å². The number of nitrogen functional groups attached to an aromatic ring is 1. The lowest BCUT2D eigenvalue weighted by Gasteiger charge is -2.06. The third-order valence-electron chi connectivity index (χ3n) is 2.16. The quantitative estimate of drug-likeness (QED) is 0.703. The average Bonchev–Trinajstić information content (AvgIpc) is 2.72. The van der Waals surface area contributed by atoms with Crippen molar-refractivity contribution in [3.05, 3.63) is 35.8 Å². The van der Waals surface area contributed by atoms with Gasteiger partial charge in [-0.15, -0.1) is 0 Å². The number of nitrogens with two attached hydrogens (primary N) is 1. The second kappa shape index (κ2) is 4.31. The third kappa shape index (κ3) is 1.93. The van der Waals surface area contributed by atoms with Crippen LogP contribution in [0.1, 0.15) is 11.1 Å². The number of nitriles is 1. The first kappa shape index (κ1) is 9.98. The van der Waals surface area contributed by atoms with Gasteiger partial charge in [0.05, 0.1) is 23.6 Å². The lowest BCUT2D eigenvalue weighted by Crippen LogP contribution is -2.03. The molecule has 2 heterocycles. The zero-order valence-electron chi connectivity index (χ0n) is 8.44. The predicted molar refractivity (Wildman–Crippen MR) is 59.3 cm³/mol. The Morgan fingerprint density at radius 2 is 2.38 bits per heavy atom. The van der Waals surface area contributed by atoms with Gasteiger partial charge in [0.2, 0.25) is 0 Å². The molecule has 0 atom stereocenters. The SMILES string of the molecule is N#Cc1ccncc1NCc1cn[nH]c1N. The van der Waals surface area contributed by atoms with Gasteiger partial charge in [-0.2, -0.15) is 10.4 Å². The lowest BCUT2D eigenvalue weighted by atomic mass is 10.2. The molecule has 0 aliphatic carbocycles. The number of hydrogen-bond acceptors (Lipinski definition) is 5. The lowest BCUT2D eigenvalue weighted by molar-refractivity contribution is 1.10. The Hall–Kier alpha value is -2.55. The van der Waals surface area contributed by atoms with Gasteiger partial charge in [-0.05, 0) is 6.07 Å². The van der Waals surface area contributed by atoms with E-state index < -0.39 is 0 Å². The maximum absolute atomic E-state index is 8.87. The van der Waals surface area contributed by atoms with Gasteiger partial charge < -0.3 is 11.1 Å². The molecule has 0 aliphatic heterocycles. The zero-order chi connectivity index (χ0) is 11.4. The van der Waals surface area contributed by atoms with Crippen molar-refractivity contribution >= 4 is 11.5 Å². The normalized spacial score (nSPS) is 9.69. The fourth-order valence-electron chi connectivity index (χ4n) is 1.29. The maximum Gasteiger partial charge on any atom is 0.123 e. The summed E-state index contributed by atoms with van der Waals surface area (Å²) in [7, 11) is 0. The molecule has 0 saturated heterocycles. The van der Waals surface area contributed by atoms with Gasteiger partial charge in [-0.3, -0.25) is 10.1 Å². The molecule has 0 fully saturated rings. The highest BCUT2D eigenvalue weighted by Gasteiger charge is 2.03. The van der Waals surface area contributed by atoms with Gasteiger partial charge in [-0.1, -0.05) is 0 Å². The van der Waals surface area contributed by atoms with Crippen LogP contribution in [0.4, 0.5) is 11.5 Å². The largest absolute Gasteiger partial charge is 0.384 e. The molecule has 2 aromatic rings. The molecule has 0 aromatic carbocycles. The van der Waals surface area contributed by atoms with Crippen molar-refractivity contribution in [2.45, 2.75) is 6.54 Å². The Morgan fingerprint density at radius 1 is 1.50 bits per heavy atom. The number of pyridine rings is 1. The summed E-state index contributed by atoms with van der Waals surface area (Å²) in [6, 6.07) is 3.74. The molecule has 6 heteroatoms. The molecule has 0 aliphatic rings. The molecule has 0 radical (unpaired) electrons. The molecular weight excluding hydrogens is 204 g/mol. The zero-order valence-corrected chi connectivity index (χ0v) is 8.44. The fourth-order valence-corrected chi connectivity index (χ4v) is 1.29. The van der Waals surface area contributed by atoms with Crippen LogP contribution in [0.5, 0.6) is 0 Å². The van der Waals surface area contributed by atoms with Crippen LogP contribution in [-0.2, 0) is 6.54 Å². The molecule has 80 valence electrons. The number of H-pyrrole nitrogens is 1. The third-order valence-corrected chi connectivity index (χ3v) is 2.16. The van der Waals surface area contributed by atoms with Gasteiger partial charge in [0.25, 0.3) is 0 Å². The van der Waals surface area contributed by atoms with E-state index in [0.29, 0.717) is 23.6 Å². The summed E-state index contributed by atoms with van der Waals surface area (Å²) < 4.78 is 0. The standard InChI is InChI=1S/C10H10N6/c11-3-7-1-2-13-6-9(7)14-4-8-5-15-16-10(8)12/h1-2,5-6,14H,4H2,(H3,12,15,16). The second-order valence-corrected chi connectivity index (χ2v) is 3.20. The summed E-state index contributed by atoms with van der Waals surface area (Å²) in [5, 5.41) is 18.4. The van der Waals surface area contributed by atoms with E-state index in [4.69, 9.17) is 11.0 Å². The minimum Gasteiger partial charge on any atom is -0.384 e. The van der Waals surface area contributed by atoms with Crippen molar-refractivity contribution in [2.24, 2.45) is 0 Å². The first-order chi connectivity index (χ1) is 7.81. The Kier molecular flexibility index (Phi) is 2.69. The molecule has 0 saturated carbocycles. The van der Waals surface area contributed by atoms with E-state index in [0.717, 1.165) is 5.56 Å². The Bertz CT molecular complexity index is 524. The maximum atomic E-state index is 8.87. The van der Waals surface area contributed by atoms with Crippen molar-refractivity contribution in [2.75, 3.05) is 11.1 Å². The number of rotatable bonds is 3. The molecule has 0 bridgehead atoms. The van der Waals surface area contributed by atoms with Gasteiger partial charge in [0.1, 0.15) is 11.9 Å². The van der Waals surface area contributed by atoms with Crippen LogP contribution in [0.15, 0.2) is 24.7 Å². The number of aromatic amines is 1. The molecule has 0 unspecified atom stereocenters. The van der Waals surface area contributed by atoms with Crippen LogP contribution in [0.25, 0.3) is 0 Å².